The third-order valence-electron chi connectivity index (χ3n) is 5.62. The monoisotopic (exact) mass is 385 g/mol. The van der Waals surface area contributed by atoms with Crippen LogP contribution in [0.5, 0.6) is 11.5 Å². The van der Waals surface area contributed by atoms with Crippen molar-refractivity contribution in [3.05, 3.63) is 41.3 Å². The van der Waals surface area contributed by atoms with Gasteiger partial charge >= 0.3 is 0 Å². The number of amides is 1. The molecule has 150 valence electrons. The number of aromatic nitrogens is 1. The summed E-state index contributed by atoms with van der Waals surface area (Å²) in [4.78, 5) is 14.9. The number of hydrogen-bond donors (Lipinski definition) is 1. The molecule has 2 fully saturated rings. The standard InChI is InChI=1S/C21H27N3O4/c1-13-10-24(11-15-5-4-6-18(26-2)20(15)27-3)12-17(13)22-21(25)16-9-19(28-23-16)14-7-8-14/h4-6,9,13-14,17H,7-8,10-12H2,1-3H3,(H,22,25)/t13-,17+/m0/s1. The molecular formula is C21H27N3O4. The van der Waals surface area contributed by atoms with Crippen LogP contribution in [0.4, 0.5) is 0 Å². The van der Waals surface area contributed by atoms with Gasteiger partial charge in [0.25, 0.3) is 5.91 Å². The Labute approximate surface area is 165 Å². The van der Waals surface area contributed by atoms with E-state index in [0.717, 1.165) is 55.3 Å². The van der Waals surface area contributed by atoms with Gasteiger partial charge in [-0.3, -0.25) is 9.69 Å². The van der Waals surface area contributed by atoms with Crippen LogP contribution in [0.2, 0.25) is 0 Å². The predicted octanol–water partition coefficient (Wildman–Crippen LogP) is 2.82. The number of nitrogens with zero attached hydrogens (tertiary/aromatic N) is 2. The summed E-state index contributed by atoms with van der Waals surface area (Å²) in [7, 11) is 3.30. The van der Waals surface area contributed by atoms with Crippen LogP contribution in [0.25, 0.3) is 0 Å². The number of methoxy groups -OCH3 is 2. The molecule has 0 radical (unpaired) electrons. The fourth-order valence-electron chi connectivity index (χ4n) is 3.90. The first-order valence-corrected chi connectivity index (χ1v) is 9.78. The Balaban J connectivity index is 1.38. The molecule has 1 aliphatic heterocycles. The molecule has 2 heterocycles. The van der Waals surface area contributed by atoms with Crippen molar-refractivity contribution in [2.24, 2.45) is 5.92 Å². The number of nitrogens with one attached hydrogen (secondary N) is 1. The van der Waals surface area contributed by atoms with Crippen LogP contribution in [0.15, 0.2) is 28.8 Å². The molecule has 1 aromatic carbocycles. The number of hydrogen-bond acceptors (Lipinski definition) is 6. The molecule has 4 rings (SSSR count). The number of carbonyl (C=O) groups excluding carboxylic acids is 1. The molecule has 0 spiro atoms. The van der Waals surface area contributed by atoms with Crippen molar-refractivity contribution in [1.82, 2.24) is 15.4 Å². The van der Waals surface area contributed by atoms with Crippen LogP contribution in [-0.4, -0.2) is 49.3 Å². The fourth-order valence-corrected chi connectivity index (χ4v) is 3.90. The largest absolute Gasteiger partial charge is 0.493 e. The van der Waals surface area contributed by atoms with Crippen molar-refractivity contribution in [3.63, 3.8) is 0 Å². The highest BCUT2D eigenvalue weighted by atomic mass is 16.5. The molecule has 0 unspecified atom stereocenters. The summed E-state index contributed by atoms with van der Waals surface area (Å²) < 4.78 is 16.2. The van der Waals surface area contributed by atoms with Gasteiger partial charge in [0.05, 0.1) is 14.2 Å². The zero-order valence-electron chi connectivity index (χ0n) is 16.6. The third kappa shape index (κ3) is 3.85. The molecule has 2 aliphatic rings. The fraction of sp³-hybridized carbons (Fsp3) is 0.524. The summed E-state index contributed by atoms with van der Waals surface area (Å²) in [6.45, 7) is 4.58. The Morgan fingerprint density at radius 3 is 2.82 bits per heavy atom. The Kier molecular flexibility index (Phi) is 5.26. The van der Waals surface area contributed by atoms with E-state index in [4.69, 9.17) is 14.0 Å². The first-order chi connectivity index (χ1) is 13.6. The summed E-state index contributed by atoms with van der Waals surface area (Å²) in [6.07, 6.45) is 2.25. The second-order valence-corrected chi connectivity index (χ2v) is 7.79. The molecule has 7 heteroatoms. The molecule has 28 heavy (non-hydrogen) atoms. The number of likely N-dealkylation sites (tertiary alicyclic amines) is 1. The highest BCUT2D eigenvalue weighted by Crippen LogP contribution is 2.40. The molecule has 1 aliphatic carbocycles. The van der Waals surface area contributed by atoms with Gasteiger partial charge in [0.2, 0.25) is 0 Å². The zero-order chi connectivity index (χ0) is 19.7. The molecule has 1 saturated heterocycles. The Bertz CT molecular complexity index is 846. The number of ether oxygens (including phenoxy) is 2. The van der Waals surface area contributed by atoms with E-state index in [0.29, 0.717) is 17.5 Å². The van der Waals surface area contributed by atoms with E-state index in [-0.39, 0.29) is 11.9 Å². The normalized spacial score (nSPS) is 22.2. The lowest BCUT2D eigenvalue weighted by molar-refractivity contribution is 0.0922. The third-order valence-corrected chi connectivity index (χ3v) is 5.62. The lowest BCUT2D eigenvalue weighted by Crippen LogP contribution is -2.40. The molecule has 7 nitrogen and oxygen atoms in total. The van der Waals surface area contributed by atoms with Crippen LogP contribution in [0.1, 0.15) is 47.5 Å². The lowest BCUT2D eigenvalue weighted by atomic mass is 10.1. The Hall–Kier alpha value is -2.54. The van der Waals surface area contributed by atoms with Gasteiger partial charge in [0.15, 0.2) is 17.2 Å². The van der Waals surface area contributed by atoms with E-state index in [1.807, 2.05) is 18.2 Å². The van der Waals surface area contributed by atoms with Crippen molar-refractivity contribution in [3.8, 4) is 11.5 Å². The van der Waals surface area contributed by atoms with Crippen LogP contribution >= 0.6 is 0 Å². The van der Waals surface area contributed by atoms with E-state index in [9.17, 15) is 4.79 Å². The number of para-hydroxylation sites is 1. The predicted molar refractivity (Wildman–Crippen MR) is 104 cm³/mol. The molecule has 0 bridgehead atoms. The SMILES string of the molecule is COc1cccc(CN2C[C@H](C)[C@H](NC(=O)c3cc(C4CC4)on3)C2)c1OC. The van der Waals surface area contributed by atoms with Crippen molar-refractivity contribution < 1.29 is 18.8 Å². The van der Waals surface area contributed by atoms with E-state index >= 15 is 0 Å². The summed E-state index contributed by atoms with van der Waals surface area (Å²) in [5, 5.41) is 7.07. The molecular weight excluding hydrogens is 358 g/mol. The molecule has 1 amide bonds. The minimum Gasteiger partial charge on any atom is -0.493 e. The van der Waals surface area contributed by atoms with E-state index in [1.165, 1.54) is 0 Å². The summed E-state index contributed by atoms with van der Waals surface area (Å²) in [5.74, 6) is 2.96. The van der Waals surface area contributed by atoms with Gasteiger partial charge in [-0.15, -0.1) is 0 Å². The summed E-state index contributed by atoms with van der Waals surface area (Å²) >= 11 is 0. The molecule has 1 aromatic heterocycles. The average Bonchev–Trinajstić information content (AvgIpc) is 3.32. The van der Waals surface area contributed by atoms with Crippen LogP contribution in [-0.2, 0) is 6.54 Å². The second kappa shape index (κ2) is 7.83. The molecule has 1 N–H and O–H groups in total. The Morgan fingerprint density at radius 2 is 2.11 bits per heavy atom. The quantitative estimate of drug-likeness (QED) is 0.790. The van der Waals surface area contributed by atoms with E-state index in [2.05, 4.69) is 22.3 Å². The van der Waals surface area contributed by atoms with Crippen molar-refractivity contribution >= 4 is 5.91 Å². The maximum Gasteiger partial charge on any atom is 0.273 e. The number of carbonyl (C=O) groups is 1. The molecule has 2 atom stereocenters. The number of rotatable bonds is 7. The molecule has 1 saturated carbocycles. The topological polar surface area (TPSA) is 76.8 Å². The zero-order valence-corrected chi connectivity index (χ0v) is 16.6. The van der Waals surface area contributed by atoms with Gasteiger partial charge in [-0.25, -0.2) is 0 Å². The minimum absolute atomic E-state index is 0.0742. The van der Waals surface area contributed by atoms with Crippen LogP contribution < -0.4 is 14.8 Å². The van der Waals surface area contributed by atoms with Crippen molar-refractivity contribution in [2.45, 2.75) is 38.3 Å². The van der Waals surface area contributed by atoms with Crippen molar-refractivity contribution in [1.29, 1.82) is 0 Å². The maximum absolute atomic E-state index is 12.6. The first kappa shape index (κ1) is 18.8. The highest BCUT2D eigenvalue weighted by molar-refractivity contribution is 5.92. The van der Waals surface area contributed by atoms with Gasteiger partial charge in [0, 0.05) is 43.2 Å². The van der Waals surface area contributed by atoms with Crippen LogP contribution in [0.3, 0.4) is 0 Å². The molecule has 2 aromatic rings. The van der Waals surface area contributed by atoms with Crippen LogP contribution in [0, 0.1) is 5.92 Å². The first-order valence-electron chi connectivity index (χ1n) is 9.78. The van der Waals surface area contributed by atoms with E-state index in [1.54, 1.807) is 20.3 Å². The van der Waals surface area contributed by atoms with E-state index < -0.39 is 0 Å². The Morgan fingerprint density at radius 1 is 1.29 bits per heavy atom. The van der Waals surface area contributed by atoms with Gasteiger partial charge in [-0.05, 0) is 24.8 Å². The maximum atomic E-state index is 12.6. The van der Waals surface area contributed by atoms with Crippen molar-refractivity contribution in [2.75, 3.05) is 27.3 Å². The van der Waals surface area contributed by atoms with Gasteiger partial charge in [0.1, 0.15) is 5.76 Å². The highest BCUT2D eigenvalue weighted by Gasteiger charge is 2.33. The smallest absolute Gasteiger partial charge is 0.273 e. The summed E-state index contributed by atoms with van der Waals surface area (Å²) in [5.41, 5.74) is 1.45. The minimum atomic E-state index is -0.159. The van der Waals surface area contributed by atoms with Gasteiger partial charge in [-0.1, -0.05) is 24.2 Å². The average molecular weight is 385 g/mol. The van der Waals surface area contributed by atoms with Gasteiger partial charge < -0.3 is 19.3 Å². The second-order valence-electron chi connectivity index (χ2n) is 7.79. The summed E-state index contributed by atoms with van der Waals surface area (Å²) in [6, 6.07) is 7.77. The number of benzene rings is 1. The lowest BCUT2D eigenvalue weighted by Gasteiger charge is -2.19. The van der Waals surface area contributed by atoms with Gasteiger partial charge in [-0.2, -0.15) is 0 Å².